The third-order valence-electron chi connectivity index (χ3n) is 10.6. The van der Waals surface area contributed by atoms with Gasteiger partial charge in [-0.2, -0.15) is 0 Å². The molecule has 0 fully saturated rings. The second-order valence-corrected chi connectivity index (χ2v) is 20.7. The van der Waals surface area contributed by atoms with E-state index < -0.39 is 8.07 Å². The second-order valence-electron chi connectivity index (χ2n) is 15.6. The van der Waals surface area contributed by atoms with Gasteiger partial charge >= 0.3 is 0 Å². The number of benzene rings is 5. The molecule has 9 rings (SSSR count). The van der Waals surface area contributed by atoms with Crippen LogP contribution in [0.25, 0.3) is 66.8 Å². The maximum Gasteiger partial charge on any atom is 0.144 e. The molecule has 0 saturated heterocycles. The van der Waals surface area contributed by atoms with E-state index in [1.165, 1.54) is 22.4 Å². The van der Waals surface area contributed by atoms with Gasteiger partial charge < -0.3 is 4.42 Å². The molecule has 303 valence electrons. The monoisotopic (exact) mass is 984 g/mol. The molecule has 0 atom stereocenters. The predicted molar refractivity (Wildman–Crippen MR) is 248 cm³/mol. The first-order valence-corrected chi connectivity index (χ1v) is 23.9. The molecule has 0 N–H and O–H groups in total. The predicted octanol–water partition coefficient (Wildman–Crippen LogP) is 14.4. The van der Waals surface area contributed by atoms with Gasteiger partial charge in [-0.05, 0) is 101 Å². The zero-order valence-corrected chi connectivity index (χ0v) is 38.2. The summed E-state index contributed by atoms with van der Waals surface area (Å²) in [6.45, 7) is 11.5. The van der Waals surface area contributed by atoms with Crippen LogP contribution in [0.5, 0.6) is 0 Å². The quantitative estimate of drug-likeness (QED) is 0.142. The van der Waals surface area contributed by atoms with Crippen LogP contribution in [-0.2, 0) is 20.1 Å². The molecule has 4 aromatic heterocycles. The zero-order chi connectivity index (χ0) is 41.2. The Kier molecular flexibility index (Phi) is 14.9. The number of para-hydroxylation sites is 1. The van der Waals surface area contributed by atoms with E-state index in [1.807, 2.05) is 91.4 Å². The van der Waals surface area contributed by atoms with Crippen molar-refractivity contribution in [3.63, 3.8) is 0 Å². The first-order valence-electron chi connectivity index (χ1n) is 20.4. The third kappa shape index (κ3) is 10.7. The van der Waals surface area contributed by atoms with Crippen molar-refractivity contribution >= 4 is 35.2 Å². The number of rotatable bonds is 8. The number of halogens is 1. The molecule has 0 bridgehead atoms. The molecular formula is C53H50FIrN3OSi. The van der Waals surface area contributed by atoms with E-state index in [1.54, 1.807) is 12.1 Å². The number of furan rings is 1. The minimum absolute atomic E-state index is 0. The van der Waals surface area contributed by atoms with E-state index in [0.717, 1.165) is 74.1 Å². The summed E-state index contributed by atoms with van der Waals surface area (Å²) in [7, 11) is -1.22. The smallest absolute Gasteiger partial charge is 0.144 e. The Labute approximate surface area is 368 Å². The molecule has 4 heterocycles. The molecule has 0 spiro atoms. The van der Waals surface area contributed by atoms with Crippen molar-refractivity contribution in [3.05, 3.63) is 194 Å². The van der Waals surface area contributed by atoms with Gasteiger partial charge in [-0.3, -0.25) is 15.0 Å². The first kappa shape index (κ1) is 43.7. The van der Waals surface area contributed by atoms with Crippen LogP contribution in [0.3, 0.4) is 0 Å². The Morgan fingerprint density at radius 1 is 0.533 bits per heavy atom. The Balaban J connectivity index is 0.000000173. The zero-order valence-electron chi connectivity index (χ0n) is 34.8. The fourth-order valence-electron chi connectivity index (χ4n) is 7.22. The molecule has 1 radical (unpaired) electrons. The molecule has 0 aliphatic carbocycles. The van der Waals surface area contributed by atoms with Crippen LogP contribution < -0.4 is 5.19 Å². The summed E-state index contributed by atoms with van der Waals surface area (Å²) >= 11 is 0. The molecular weight excluding hydrogens is 934 g/mol. The summed E-state index contributed by atoms with van der Waals surface area (Å²) in [5, 5.41) is 3.52. The fraction of sp³-hybridized carbons (Fsp3) is 0.151. The number of hydrogen-bond acceptors (Lipinski definition) is 4. The number of nitrogens with zero attached hydrogens (tertiary/aromatic N) is 3. The van der Waals surface area contributed by atoms with Crippen molar-refractivity contribution in [2.45, 2.75) is 52.2 Å². The Morgan fingerprint density at radius 2 is 1.17 bits per heavy atom. The van der Waals surface area contributed by atoms with Gasteiger partial charge in [0.05, 0.1) is 25.2 Å². The van der Waals surface area contributed by atoms with Gasteiger partial charge in [-0.1, -0.05) is 137 Å². The average Bonchev–Trinajstić information content (AvgIpc) is 3.66. The first-order chi connectivity index (χ1) is 28.7. The molecule has 7 heteroatoms. The summed E-state index contributed by atoms with van der Waals surface area (Å²) in [5.41, 5.74) is 11.1. The number of fused-ring (bicyclic) bond motifs is 3. The van der Waals surface area contributed by atoms with Crippen LogP contribution in [0.2, 0.25) is 19.6 Å². The van der Waals surface area contributed by atoms with Gasteiger partial charge in [0, 0.05) is 66.2 Å². The largest absolute Gasteiger partial charge is 0.455 e. The Morgan fingerprint density at radius 3 is 1.78 bits per heavy atom. The van der Waals surface area contributed by atoms with Crippen molar-refractivity contribution in [2.24, 2.45) is 0 Å². The van der Waals surface area contributed by atoms with Gasteiger partial charge in [-0.15, -0.1) is 0 Å². The molecule has 9 aromatic rings. The standard InChI is InChI=1S/C28H24FNO.C14H17NSi.C11H9N.Ir/c1-3-18(4-2)21-13-14-30-26(16-21)25-10-6-9-24-23-12-11-20(17-27(23)31-28(24)25)19-7-5-8-22(29)15-19;1-16(2,3)13-9-10-14(15-11-13)12-7-5-4-6-8-12;1-2-6-10(7-3-1)11-8-4-5-9-12-11;/h5-18H,3-4H2,1-2H3;4-11H,1-3H3;1-9H;. The van der Waals surface area contributed by atoms with Crippen molar-refractivity contribution in [3.8, 4) is 44.9 Å². The van der Waals surface area contributed by atoms with E-state index in [4.69, 9.17) is 4.42 Å². The maximum atomic E-state index is 13.7. The van der Waals surface area contributed by atoms with Crippen LogP contribution in [-0.4, -0.2) is 23.0 Å². The molecule has 0 amide bonds. The van der Waals surface area contributed by atoms with Crippen LogP contribution in [0.15, 0.2) is 187 Å². The summed E-state index contributed by atoms with van der Waals surface area (Å²) in [5.74, 6) is 0.290. The van der Waals surface area contributed by atoms with Gasteiger partial charge in [0.1, 0.15) is 17.0 Å². The summed E-state index contributed by atoms with van der Waals surface area (Å²) in [6, 6.07) is 53.9. The van der Waals surface area contributed by atoms with Crippen LogP contribution in [0, 0.1) is 5.82 Å². The normalized spacial score (nSPS) is 11.0. The van der Waals surface area contributed by atoms with Crippen molar-refractivity contribution in [1.82, 2.24) is 15.0 Å². The minimum atomic E-state index is -1.22. The number of hydrogen-bond donors (Lipinski definition) is 0. The molecule has 0 unspecified atom stereocenters. The molecule has 4 nitrogen and oxygen atoms in total. The molecule has 60 heavy (non-hydrogen) atoms. The average molecular weight is 984 g/mol. The van der Waals surface area contributed by atoms with Gasteiger partial charge in [0.15, 0.2) is 0 Å². The number of aromatic nitrogens is 3. The molecule has 0 aliphatic rings. The van der Waals surface area contributed by atoms with E-state index in [2.05, 4.69) is 121 Å². The SMILES string of the molecule is CCC(CC)c1ccnc(-c2cccc3c2oc2cc(-c4cccc(F)c4)ccc23)c1.C[Si](C)(C)c1ccc(-c2ccccc2)nc1.[Ir].c1ccc(-c2ccccn2)cc1. The third-order valence-corrected chi connectivity index (χ3v) is 12.6. The molecule has 5 aromatic carbocycles. The Bertz CT molecular complexity index is 2690. The summed E-state index contributed by atoms with van der Waals surface area (Å²) in [4.78, 5) is 13.5. The fourth-order valence-corrected chi connectivity index (χ4v) is 8.25. The van der Waals surface area contributed by atoms with Crippen molar-refractivity contribution in [2.75, 3.05) is 0 Å². The van der Waals surface area contributed by atoms with E-state index >= 15 is 0 Å². The van der Waals surface area contributed by atoms with Gasteiger partial charge in [-0.25, -0.2) is 4.39 Å². The second kappa shape index (κ2) is 20.4. The van der Waals surface area contributed by atoms with Crippen LogP contribution in [0.1, 0.15) is 38.2 Å². The summed E-state index contributed by atoms with van der Waals surface area (Å²) < 4.78 is 20.0. The van der Waals surface area contributed by atoms with Crippen molar-refractivity contribution < 1.29 is 28.9 Å². The molecule has 0 saturated carbocycles. The van der Waals surface area contributed by atoms with E-state index in [-0.39, 0.29) is 25.9 Å². The maximum absolute atomic E-state index is 13.7. The van der Waals surface area contributed by atoms with Gasteiger partial charge in [0.25, 0.3) is 0 Å². The minimum Gasteiger partial charge on any atom is -0.455 e. The van der Waals surface area contributed by atoms with E-state index in [0.29, 0.717) is 5.92 Å². The van der Waals surface area contributed by atoms with Crippen LogP contribution >= 0.6 is 0 Å². The van der Waals surface area contributed by atoms with E-state index in [9.17, 15) is 4.39 Å². The topological polar surface area (TPSA) is 51.8 Å². The van der Waals surface area contributed by atoms with Crippen LogP contribution in [0.4, 0.5) is 4.39 Å². The van der Waals surface area contributed by atoms with Crippen molar-refractivity contribution in [1.29, 1.82) is 0 Å². The molecule has 0 aliphatic heterocycles. The number of pyridine rings is 3. The van der Waals surface area contributed by atoms with Gasteiger partial charge in [0.2, 0.25) is 0 Å². The Hall–Kier alpha value is -5.85. The summed E-state index contributed by atoms with van der Waals surface area (Å²) in [6.07, 6.45) is 7.96.